The monoisotopic (exact) mass is 402 g/mol. The molecular formula is C23H22N4O3. The van der Waals surface area contributed by atoms with E-state index in [-0.39, 0.29) is 18.0 Å². The Bertz CT molecular complexity index is 1180. The Balaban J connectivity index is 1.87. The summed E-state index contributed by atoms with van der Waals surface area (Å²) in [5.74, 6) is -0.818. The van der Waals surface area contributed by atoms with E-state index < -0.39 is 5.91 Å². The van der Waals surface area contributed by atoms with Gasteiger partial charge >= 0.3 is 5.97 Å². The highest BCUT2D eigenvalue weighted by molar-refractivity contribution is 6.13. The third-order valence-electron chi connectivity index (χ3n) is 4.88. The summed E-state index contributed by atoms with van der Waals surface area (Å²) >= 11 is 0. The molecule has 0 aliphatic carbocycles. The van der Waals surface area contributed by atoms with Crippen molar-refractivity contribution in [3.63, 3.8) is 0 Å². The van der Waals surface area contributed by atoms with Crippen LogP contribution in [-0.2, 0) is 20.9 Å². The molecule has 3 rings (SSSR count). The molecule has 152 valence electrons. The number of anilines is 1. The number of nitrogens with one attached hydrogen (secondary N) is 1. The Morgan fingerprint density at radius 3 is 2.67 bits per heavy atom. The number of methoxy groups -OCH3 is 1. The van der Waals surface area contributed by atoms with E-state index in [4.69, 9.17) is 0 Å². The molecule has 0 aliphatic rings. The SMILES string of the molecule is COC(=O)CCn1nc(C)c(C=C(C#N)C(=O)Nc2cccc3ccccc23)c1C. The fourth-order valence-electron chi connectivity index (χ4n) is 3.25. The van der Waals surface area contributed by atoms with E-state index in [0.717, 1.165) is 16.5 Å². The Morgan fingerprint density at radius 1 is 1.20 bits per heavy atom. The number of rotatable bonds is 6. The summed E-state index contributed by atoms with van der Waals surface area (Å²) in [6.07, 6.45) is 1.72. The maximum Gasteiger partial charge on any atom is 0.307 e. The molecule has 0 atom stereocenters. The van der Waals surface area contributed by atoms with Crippen LogP contribution in [0.15, 0.2) is 48.0 Å². The molecule has 2 aromatic carbocycles. The maximum absolute atomic E-state index is 12.8. The van der Waals surface area contributed by atoms with Crippen molar-refractivity contribution in [1.82, 2.24) is 9.78 Å². The van der Waals surface area contributed by atoms with Crippen molar-refractivity contribution in [2.45, 2.75) is 26.8 Å². The minimum absolute atomic E-state index is 0.0262. The lowest BCUT2D eigenvalue weighted by molar-refractivity contribution is -0.140. The minimum Gasteiger partial charge on any atom is -0.469 e. The number of nitrogens with zero attached hydrogens (tertiary/aromatic N) is 3. The Kier molecular flexibility index (Phi) is 6.28. The maximum atomic E-state index is 12.8. The van der Waals surface area contributed by atoms with Crippen molar-refractivity contribution in [3.8, 4) is 6.07 Å². The molecule has 0 radical (unpaired) electrons. The zero-order chi connectivity index (χ0) is 21.7. The van der Waals surface area contributed by atoms with E-state index in [1.165, 1.54) is 13.2 Å². The Hall–Kier alpha value is -3.92. The molecule has 0 aliphatic heterocycles. The van der Waals surface area contributed by atoms with E-state index in [1.54, 1.807) is 17.7 Å². The van der Waals surface area contributed by atoms with Gasteiger partial charge in [0.2, 0.25) is 0 Å². The highest BCUT2D eigenvalue weighted by Crippen LogP contribution is 2.24. The number of carbonyl (C=O) groups is 2. The highest BCUT2D eigenvalue weighted by Gasteiger charge is 2.16. The lowest BCUT2D eigenvalue weighted by Gasteiger charge is -2.08. The largest absolute Gasteiger partial charge is 0.469 e. The minimum atomic E-state index is -0.491. The van der Waals surface area contributed by atoms with Crippen LogP contribution in [0.25, 0.3) is 16.8 Å². The van der Waals surface area contributed by atoms with Crippen molar-refractivity contribution < 1.29 is 14.3 Å². The number of hydrogen-bond donors (Lipinski definition) is 1. The highest BCUT2D eigenvalue weighted by atomic mass is 16.5. The van der Waals surface area contributed by atoms with Gasteiger partial charge in [-0.05, 0) is 31.4 Å². The first-order chi connectivity index (χ1) is 14.4. The third kappa shape index (κ3) is 4.39. The number of ether oxygens (including phenoxy) is 1. The van der Waals surface area contributed by atoms with Crippen LogP contribution >= 0.6 is 0 Å². The molecule has 0 unspecified atom stereocenters. The number of hydrogen-bond acceptors (Lipinski definition) is 5. The first-order valence-electron chi connectivity index (χ1n) is 9.46. The van der Waals surface area contributed by atoms with Crippen LogP contribution in [0.5, 0.6) is 0 Å². The molecular weight excluding hydrogens is 380 g/mol. The van der Waals surface area contributed by atoms with E-state index >= 15 is 0 Å². The number of carbonyl (C=O) groups excluding carboxylic acids is 2. The standard InChI is InChI=1S/C23H22N4O3/c1-15-20(16(2)27(26-15)12-11-22(28)30-3)13-18(14-24)23(29)25-21-10-6-8-17-7-4-5-9-19(17)21/h4-10,13H,11-12H2,1-3H3,(H,25,29). The molecule has 1 amide bonds. The number of fused-ring (bicyclic) bond motifs is 1. The normalized spacial score (nSPS) is 11.2. The lowest BCUT2D eigenvalue weighted by Crippen LogP contribution is -2.13. The quantitative estimate of drug-likeness (QED) is 0.385. The number of aromatic nitrogens is 2. The van der Waals surface area contributed by atoms with Crippen molar-refractivity contribution in [2.24, 2.45) is 0 Å². The number of aryl methyl sites for hydroxylation is 2. The molecule has 0 spiro atoms. The fourth-order valence-corrected chi connectivity index (χ4v) is 3.25. The lowest BCUT2D eigenvalue weighted by atomic mass is 10.1. The molecule has 7 heteroatoms. The third-order valence-corrected chi connectivity index (χ3v) is 4.88. The summed E-state index contributed by atoms with van der Waals surface area (Å²) in [5, 5.41) is 18.7. The van der Waals surface area contributed by atoms with Crippen LogP contribution in [0, 0.1) is 25.2 Å². The van der Waals surface area contributed by atoms with Crippen LogP contribution in [0.1, 0.15) is 23.4 Å². The van der Waals surface area contributed by atoms with Crippen LogP contribution < -0.4 is 5.32 Å². The average Bonchev–Trinajstić information content (AvgIpc) is 3.02. The summed E-state index contributed by atoms with van der Waals surface area (Å²) < 4.78 is 6.34. The van der Waals surface area contributed by atoms with E-state index in [1.807, 2.05) is 49.4 Å². The van der Waals surface area contributed by atoms with Crippen LogP contribution in [0.3, 0.4) is 0 Å². The van der Waals surface area contributed by atoms with Gasteiger partial charge in [0.25, 0.3) is 5.91 Å². The van der Waals surface area contributed by atoms with Crippen molar-refractivity contribution in [1.29, 1.82) is 5.26 Å². The second kappa shape index (κ2) is 9.05. The smallest absolute Gasteiger partial charge is 0.307 e. The van der Waals surface area contributed by atoms with Gasteiger partial charge in [-0.2, -0.15) is 10.4 Å². The van der Waals surface area contributed by atoms with E-state index in [0.29, 0.717) is 23.5 Å². The second-order valence-corrected chi connectivity index (χ2v) is 6.78. The summed E-state index contributed by atoms with van der Waals surface area (Å²) in [6.45, 7) is 3.99. The predicted molar refractivity (Wildman–Crippen MR) is 115 cm³/mol. The van der Waals surface area contributed by atoms with E-state index in [9.17, 15) is 14.9 Å². The van der Waals surface area contributed by atoms with Gasteiger partial charge in [-0.15, -0.1) is 0 Å². The van der Waals surface area contributed by atoms with E-state index in [2.05, 4.69) is 15.2 Å². The topological polar surface area (TPSA) is 97.0 Å². The number of esters is 1. The number of benzene rings is 2. The van der Waals surface area contributed by atoms with Crippen LogP contribution in [-0.4, -0.2) is 28.8 Å². The van der Waals surface area contributed by atoms with Gasteiger partial charge in [-0.3, -0.25) is 14.3 Å². The van der Waals surface area contributed by atoms with Crippen molar-refractivity contribution in [3.05, 3.63) is 65.0 Å². The summed E-state index contributed by atoms with van der Waals surface area (Å²) in [4.78, 5) is 24.2. The fraction of sp³-hybridized carbons (Fsp3) is 0.217. The molecule has 1 aromatic heterocycles. The first-order valence-corrected chi connectivity index (χ1v) is 9.46. The molecule has 0 bridgehead atoms. The molecule has 30 heavy (non-hydrogen) atoms. The molecule has 1 heterocycles. The molecule has 0 saturated carbocycles. The van der Waals surface area contributed by atoms with Gasteiger partial charge in [-0.25, -0.2) is 0 Å². The molecule has 7 nitrogen and oxygen atoms in total. The van der Waals surface area contributed by atoms with Gasteiger partial charge in [-0.1, -0.05) is 36.4 Å². The zero-order valence-corrected chi connectivity index (χ0v) is 17.1. The molecule has 1 N–H and O–H groups in total. The van der Waals surface area contributed by atoms with Gasteiger partial charge in [0.05, 0.1) is 25.8 Å². The van der Waals surface area contributed by atoms with Crippen LogP contribution in [0.2, 0.25) is 0 Å². The van der Waals surface area contributed by atoms with Crippen molar-refractivity contribution >= 4 is 34.4 Å². The van der Waals surface area contributed by atoms with Crippen LogP contribution in [0.4, 0.5) is 5.69 Å². The number of nitriles is 1. The number of amides is 1. The van der Waals surface area contributed by atoms with Gasteiger partial charge < -0.3 is 10.1 Å². The summed E-state index contributed by atoms with van der Waals surface area (Å²) in [5.41, 5.74) is 2.73. The van der Waals surface area contributed by atoms with Gasteiger partial charge in [0, 0.05) is 22.3 Å². The molecule has 0 fully saturated rings. The average molecular weight is 402 g/mol. The molecule has 3 aromatic rings. The summed E-state index contributed by atoms with van der Waals surface area (Å²) in [6, 6.07) is 15.3. The Labute approximate surface area is 174 Å². The van der Waals surface area contributed by atoms with Gasteiger partial charge in [0.15, 0.2) is 0 Å². The zero-order valence-electron chi connectivity index (χ0n) is 17.1. The molecule has 0 saturated heterocycles. The summed E-state index contributed by atoms with van der Waals surface area (Å²) in [7, 11) is 1.34. The van der Waals surface area contributed by atoms with Crippen molar-refractivity contribution in [2.75, 3.05) is 12.4 Å². The Morgan fingerprint density at radius 2 is 1.93 bits per heavy atom. The predicted octanol–water partition coefficient (Wildman–Crippen LogP) is 3.76. The van der Waals surface area contributed by atoms with Gasteiger partial charge in [0.1, 0.15) is 11.6 Å². The first kappa shape index (κ1) is 20.8. The second-order valence-electron chi connectivity index (χ2n) is 6.78.